The van der Waals surface area contributed by atoms with Gasteiger partial charge in [0.2, 0.25) is 0 Å². The minimum Gasteiger partial charge on any atom is -0.379 e. The van der Waals surface area contributed by atoms with Crippen molar-refractivity contribution in [2.24, 2.45) is 5.41 Å². The fourth-order valence-corrected chi connectivity index (χ4v) is 5.82. The zero-order chi connectivity index (χ0) is 24.7. The Morgan fingerprint density at radius 2 is 1.92 bits per heavy atom. The molecule has 2 saturated carbocycles. The molecule has 4 heterocycles. The summed E-state index contributed by atoms with van der Waals surface area (Å²) in [5.74, 6) is -0.741. The number of aromatic nitrogens is 3. The minimum absolute atomic E-state index is 0.127. The maximum atomic E-state index is 13.5. The molecular formula is C27H30FN5O3. The van der Waals surface area contributed by atoms with Gasteiger partial charge in [-0.05, 0) is 55.4 Å². The molecule has 36 heavy (non-hydrogen) atoms. The molecule has 0 unspecified atom stereocenters. The molecule has 1 saturated heterocycles. The van der Waals surface area contributed by atoms with Crippen LogP contribution in [0.2, 0.25) is 0 Å². The Morgan fingerprint density at radius 1 is 1.11 bits per heavy atom. The van der Waals surface area contributed by atoms with Crippen LogP contribution in [-0.2, 0) is 11.3 Å². The van der Waals surface area contributed by atoms with Crippen LogP contribution < -0.4 is 10.9 Å². The summed E-state index contributed by atoms with van der Waals surface area (Å²) in [7, 11) is 0. The van der Waals surface area contributed by atoms with E-state index in [4.69, 9.17) is 4.74 Å². The third-order valence-corrected chi connectivity index (χ3v) is 8.05. The van der Waals surface area contributed by atoms with Crippen LogP contribution in [0.1, 0.15) is 42.5 Å². The highest BCUT2D eigenvalue weighted by atomic mass is 19.1. The number of hydrogen-bond donors (Lipinski definition) is 1. The van der Waals surface area contributed by atoms with Crippen LogP contribution in [0.5, 0.6) is 0 Å². The number of nitrogens with one attached hydrogen (secondary N) is 1. The predicted octanol–water partition coefficient (Wildman–Crippen LogP) is 2.99. The predicted molar refractivity (Wildman–Crippen MR) is 133 cm³/mol. The SMILES string of the molecule is O=C(NC1CC2(CCC2)C1)c1cc2cc(-c3ccc(F)cn3)cnc2n(CCN2CCOCC2)c1=O. The van der Waals surface area contributed by atoms with Gasteiger partial charge in [0, 0.05) is 49.4 Å². The van der Waals surface area contributed by atoms with Gasteiger partial charge in [0.25, 0.3) is 11.5 Å². The standard InChI is InChI=1S/C27H30FN5O3/c28-20-2-3-23(29-17-20)19-12-18-13-22(25(34)31-21-14-27(15-21)4-1-5-27)26(35)33(24(18)30-16-19)7-6-32-8-10-36-11-9-32/h2-3,12-13,16-17,21H,1,4-11,14-15H2,(H,31,34). The Hall–Kier alpha value is -3.17. The molecular weight excluding hydrogens is 461 g/mol. The molecule has 8 nitrogen and oxygen atoms in total. The van der Waals surface area contributed by atoms with E-state index in [2.05, 4.69) is 20.2 Å². The maximum absolute atomic E-state index is 13.5. The zero-order valence-corrected chi connectivity index (χ0v) is 20.2. The Labute approximate surface area is 208 Å². The quantitative estimate of drug-likeness (QED) is 0.570. The molecule has 3 aromatic heterocycles. The lowest BCUT2D eigenvalue weighted by molar-refractivity contribution is -0.000652. The van der Waals surface area contributed by atoms with Crippen LogP contribution in [0, 0.1) is 11.2 Å². The number of carbonyl (C=O) groups excluding carboxylic acids is 1. The third kappa shape index (κ3) is 4.41. The van der Waals surface area contributed by atoms with Gasteiger partial charge < -0.3 is 10.1 Å². The molecule has 6 rings (SSSR count). The van der Waals surface area contributed by atoms with E-state index in [1.54, 1.807) is 22.9 Å². The summed E-state index contributed by atoms with van der Waals surface area (Å²) in [6.07, 6.45) is 8.57. The normalized spacial score (nSPS) is 19.7. The van der Waals surface area contributed by atoms with Crippen molar-refractivity contribution in [3.8, 4) is 11.3 Å². The number of nitrogens with zero attached hydrogens (tertiary/aromatic N) is 4. The summed E-state index contributed by atoms with van der Waals surface area (Å²) >= 11 is 0. The number of morpholine rings is 1. The van der Waals surface area contributed by atoms with Gasteiger partial charge in [-0.25, -0.2) is 9.37 Å². The van der Waals surface area contributed by atoms with Crippen molar-refractivity contribution in [2.75, 3.05) is 32.8 Å². The van der Waals surface area contributed by atoms with Gasteiger partial charge in [-0.3, -0.25) is 24.0 Å². The average molecular weight is 492 g/mol. The van der Waals surface area contributed by atoms with Crippen LogP contribution in [0.4, 0.5) is 4.39 Å². The summed E-state index contributed by atoms with van der Waals surface area (Å²) in [6.45, 7) is 4.05. The fraction of sp³-hybridized carbons (Fsp3) is 0.481. The molecule has 0 atom stereocenters. The number of amides is 1. The first-order valence-electron chi connectivity index (χ1n) is 12.8. The van der Waals surface area contributed by atoms with Crippen LogP contribution in [0.3, 0.4) is 0 Å². The number of rotatable bonds is 6. The number of halogens is 1. The van der Waals surface area contributed by atoms with E-state index in [0.29, 0.717) is 54.0 Å². The summed E-state index contributed by atoms with van der Waals surface area (Å²) < 4.78 is 20.4. The van der Waals surface area contributed by atoms with E-state index in [-0.39, 0.29) is 23.1 Å². The van der Waals surface area contributed by atoms with E-state index in [1.165, 1.54) is 25.3 Å². The number of ether oxygens (including phenoxy) is 1. The molecule has 188 valence electrons. The molecule has 0 aromatic carbocycles. The van der Waals surface area contributed by atoms with Crippen molar-refractivity contribution in [2.45, 2.75) is 44.7 Å². The molecule has 1 aliphatic heterocycles. The lowest BCUT2D eigenvalue weighted by Crippen LogP contribution is -2.54. The lowest BCUT2D eigenvalue weighted by Gasteiger charge is -2.54. The smallest absolute Gasteiger partial charge is 0.265 e. The Balaban J connectivity index is 1.33. The largest absolute Gasteiger partial charge is 0.379 e. The van der Waals surface area contributed by atoms with Crippen molar-refractivity contribution in [3.05, 3.63) is 58.4 Å². The number of pyridine rings is 3. The minimum atomic E-state index is -0.414. The number of carbonyl (C=O) groups is 1. The van der Waals surface area contributed by atoms with Gasteiger partial charge in [0.15, 0.2) is 0 Å². The molecule has 0 bridgehead atoms. The first kappa shape index (κ1) is 23.2. The molecule has 1 amide bonds. The fourth-order valence-electron chi connectivity index (χ4n) is 5.82. The van der Waals surface area contributed by atoms with Crippen molar-refractivity contribution in [3.63, 3.8) is 0 Å². The second-order valence-corrected chi connectivity index (χ2v) is 10.4. The summed E-state index contributed by atoms with van der Waals surface area (Å²) in [5, 5.41) is 3.77. The van der Waals surface area contributed by atoms with Gasteiger partial charge in [-0.15, -0.1) is 0 Å². The zero-order valence-electron chi connectivity index (χ0n) is 20.2. The maximum Gasteiger partial charge on any atom is 0.265 e. The Morgan fingerprint density at radius 3 is 2.61 bits per heavy atom. The van der Waals surface area contributed by atoms with Crippen molar-refractivity contribution >= 4 is 16.9 Å². The molecule has 2 aliphatic carbocycles. The van der Waals surface area contributed by atoms with Gasteiger partial charge in [-0.2, -0.15) is 0 Å². The van der Waals surface area contributed by atoms with E-state index in [0.717, 1.165) is 32.1 Å². The lowest BCUT2D eigenvalue weighted by atomic mass is 9.54. The molecule has 9 heteroatoms. The van der Waals surface area contributed by atoms with Gasteiger partial charge in [0.05, 0.1) is 25.1 Å². The molecule has 3 aromatic rings. The summed E-state index contributed by atoms with van der Waals surface area (Å²) in [6, 6.07) is 6.56. The monoisotopic (exact) mass is 491 g/mol. The van der Waals surface area contributed by atoms with Crippen molar-refractivity contribution in [1.29, 1.82) is 0 Å². The van der Waals surface area contributed by atoms with E-state index >= 15 is 0 Å². The molecule has 3 fully saturated rings. The van der Waals surface area contributed by atoms with Gasteiger partial charge >= 0.3 is 0 Å². The third-order valence-electron chi connectivity index (χ3n) is 8.05. The van der Waals surface area contributed by atoms with Gasteiger partial charge in [-0.1, -0.05) is 6.42 Å². The second kappa shape index (κ2) is 9.37. The first-order chi connectivity index (χ1) is 17.5. The average Bonchev–Trinajstić information content (AvgIpc) is 2.84. The number of hydrogen-bond acceptors (Lipinski definition) is 6. The Kier molecular flexibility index (Phi) is 6.05. The highest BCUT2D eigenvalue weighted by Crippen LogP contribution is 2.55. The van der Waals surface area contributed by atoms with E-state index < -0.39 is 5.82 Å². The van der Waals surface area contributed by atoms with E-state index in [1.807, 2.05) is 6.07 Å². The second-order valence-electron chi connectivity index (χ2n) is 10.4. The molecule has 0 radical (unpaired) electrons. The van der Waals surface area contributed by atoms with Crippen molar-refractivity contribution in [1.82, 2.24) is 24.8 Å². The van der Waals surface area contributed by atoms with Crippen molar-refractivity contribution < 1.29 is 13.9 Å². The topological polar surface area (TPSA) is 89.3 Å². The van der Waals surface area contributed by atoms with Crippen LogP contribution in [-0.4, -0.2) is 64.2 Å². The van der Waals surface area contributed by atoms with E-state index in [9.17, 15) is 14.0 Å². The highest BCUT2D eigenvalue weighted by molar-refractivity contribution is 5.97. The van der Waals surface area contributed by atoms with Gasteiger partial charge in [0.1, 0.15) is 17.0 Å². The molecule has 1 spiro atoms. The van der Waals surface area contributed by atoms with Crippen LogP contribution in [0.15, 0.2) is 41.5 Å². The summed E-state index contributed by atoms with van der Waals surface area (Å²) in [4.78, 5) is 37.8. The summed E-state index contributed by atoms with van der Waals surface area (Å²) in [5.41, 5.74) is 2.02. The molecule has 1 N–H and O–H groups in total. The van der Waals surface area contributed by atoms with Crippen LogP contribution >= 0.6 is 0 Å². The molecule has 3 aliphatic rings. The van der Waals surface area contributed by atoms with Crippen LogP contribution in [0.25, 0.3) is 22.3 Å². The Bertz CT molecular complexity index is 1340. The first-order valence-corrected chi connectivity index (χ1v) is 12.8. The number of fused-ring (bicyclic) bond motifs is 1. The highest BCUT2D eigenvalue weighted by Gasteiger charge is 2.48.